The van der Waals surface area contributed by atoms with E-state index in [1.54, 1.807) is 19.2 Å². The molecule has 0 atom stereocenters. The maximum absolute atomic E-state index is 12.1. The minimum atomic E-state index is -0.118. The molecule has 5 heteroatoms. The van der Waals surface area contributed by atoms with Crippen molar-refractivity contribution in [2.45, 2.75) is 11.4 Å². The second-order valence-corrected chi connectivity index (χ2v) is 6.90. The maximum atomic E-state index is 12.1. The van der Waals surface area contributed by atoms with E-state index in [4.69, 9.17) is 0 Å². The van der Waals surface area contributed by atoms with Gasteiger partial charge in [-0.3, -0.25) is 9.59 Å². The molecular formula is C21H20N2O2S. The van der Waals surface area contributed by atoms with Crippen LogP contribution in [0, 0.1) is 0 Å². The molecule has 0 aliphatic rings. The molecule has 0 saturated carbocycles. The third-order valence-electron chi connectivity index (χ3n) is 4.02. The van der Waals surface area contributed by atoms with E-state index in [0.29, 0.717) is 17.9 Å². The monoisotopic (exact) mass is 364 g/mol. The highest BCUT2D eigenvalue weighted by molar-refractivity contribution is 8.00. The standard InChI is InChI=1S/C21H20N2O2S/c1-22-21(25)17-8-6-15(7-9-17)13-23-20(24)14-26-19-11-10-16-4-2-3-5-18(16)12-19/h2-12H,13-14H2,1H3,(H,22,25)(H,23,24). The third kappa shape index (κ3) is 4.64. The SMILES string of the molecule is CNC(=O)c1ccc(CNC(=O)CSc2ccc3ccccc3c2)cc1. The fraction of sp³-hybridized carbons (Fsp3) is 0.143. The highest BCUT2D eigenvalue weighted by atomic mass is 32.2. The van der Waals surface area contributed by atoms with Gasteiger partial charge in [-0.15, -0.1) is 11.8 Å². The van der Waals surface area contributed by atoms with Gasteiger partial charge in [0, 0.05) is 24.1 Å². The van der Waals surface area contributed by atoms with Crippen molar-refractivity contribution in [3.05, 3.63) is 77.9 Å². The van der Waals surface area contributed by atoms with Crippen LogP contribution in [0.25, 0.3) is 10.8 Å². The Morgan fingerprint density at radius 3 is 2.38 bits per heavy atom. The number of fused-ring (bicyclic) bond motifs is 1. The van der Waals surface area contributed by atoms with E-state index >= 15 is 0 Å². The van der Waals surface area contributed by atoms with Gasteiger partial charge in [-0.05, 0) is 40.6 Å². The summed E-state index contributed by atoms with van der Waals surface area (Å²) in [7, 11) is 1.60. The van der Waals surface area contributed by atoms with Gasteiger partial charge in [0.25, 0.3) is 5.91 Å². The van der Waals surface area contributed by atoms with Crippen LogP contribution in [0.4, 0.5) is 0 Å². The van der Waals surface area contributed by atoms with Gasteiger partial charge >= 0.3 is 0 Å². The summed E-state index contributed by atoms with van der Waals surface area (Å²) in [5.41, 5.74) is 1.57. The Labute approximate surface area is 157 Å². The zero-order valence-corrected chi connectivity index (χ0v) is 15.3. The molecule has 0 heterocycles. The fourth-order valence-electron chi connectivity index (χ4n) is 2.58. The number of rotatable bonds is 6. The van der Waals surface area contributed by atoms with Crippen LogP contribution in [0.15, 0.2) is 71.6 Å². The Morgan fingerprint density at radius 2 is 1.65 bits per heavy atom. The Morgan fingerprint density at radius 1 is 0.923 bits per heavy atom. The largest absolute Gasteiger partial charge is 0.355 e. The zero-order chi connectivity index (χ0) is 18.4. The number of hydrogen-bond donors (Lipinski definition) is 2. The van der Waals surface area contributed by atoms with Crippen molar-refractivity contribution < 1.29 is 9.59 Å². The Hall–Kier alpha value is -2.79. The van der Waals surface area contributed by atoms with Crippen LogP contribution in [0.2, 0.25) is 0 Å². The molecular weight excluding hydrogens is 344 g/mol. The molecule has 2 N–H and O–H groups in total. The molecule has 26 heavy (non-hydrogen) atoms. The molecule has 3 rings (SSSR count). The van der Waals surface area contributed by atoms with Crippen LogP contribution < -0.4 is 10.6 Å². The van der Waals surface area contributed by atoms with Gasteiger partial charge in [0.05, 0.1) is 5.75 Å². The van der Waals surface area contributed by atoms with E-state index in [1.807, 2.05) is 30.3 Å². The molecule has 0 aromatic heterocycles. The number of hydrogen-bond acceptors (Lipinski definition) is 3. The molecule has 3 aromatic rings. The van der Waals surface area contributed by atoms with Crippen LogP contribution in [0.3, 0.4) is 0 Å². The molecule has 0 aliphatic heterocycles. The lowest BCUT2D eigenvalue weighted by Crippen LogP contribution is -2.24. The minimum absolute atomic E-state index is 0.0152. The lowest BCUT2D eigenvalue weighted by Gasteiger charge is -2.07. The van der Waals surface area contributed by atoms with Crippen molar-refractivity contribution in [3.63, 3.8) is 0 Å². The number of carbonyl (C=O) groups excluding carboxylic acids is 2. The van der Waals surface area contributed by atoms with E-state index in [1.165, 1.54) is 22.5 Å². The van der Waals surface area contributed by atoms with E-state index in [0.717, 1.165) is 10.5 Å². The summed E-state index contributed by atoms with van der Waals surface area (Å²) < 4.78 is 0. The number of amides is 2. The summed E-state index contributed by atoms with van der Waals surface area (Å²) in [6.45, 7) is 0.450. The first-order chi connectivity index (χ1) is 12.7. The van der Waals surface area contributed by atoms with Crippen molar-refractivity contribution in [1.29, 1.82) is 0 Å². The minimum Gasteiger partial charge on any atom is -0.355 e. The first-order valence-corrected chi connectivity index (χ1v) is 9.33. The average Bonchev–Trinajstić information content (AvgIpc) is 2.70. The van der Waals surface area contributed by atoms with Crippen molar-refractivity contribution in [2.24, 2.45) is 0 Å². The van der Waals surface area contributed by atoms with Crippen LogP contribution in [-0.4, -0.2) is 24.6 Å². The number of thioether (sulfide) groups is 1. The Balaban J connectivity index is 1.50. The van der Waals surface area contributed by atoms with E-state index < -0.39 is 0 Å². The second kappa shape index (κ2) is 8.54. The van der Waals surface area contributed by atoms with Gasteiger partial charge in [0.1, 0.15) is 0 Å². The van der Waals surface area contributed by atoms with Gasteiger partial charge < -0.3 is 10.6 Å². The third-order valence-corrected chi connectivity index (χ3v) is 5.02. The first kappa shape index (κ1) is 18.0. The topological polar surface area (TPSA) is 58.2 Å². The molecule has 0 unspecified atom stereocenters. The van der Waals surface area contributed by atoms with Gasteiger partial charge in [0.15, 0.2) is 0 Å². The van der Waals surface area contributed by atoms with Crippen molar-refractivity contribution in [2.75, 3.05) is 12.8 Å². The zero-order valence-electron chi connectivity index (χ0n) is 14.5. The summed E-state index contributed by atoms with van der Waals surface area (Å²) in [5.74, 6) is 0.236. The average molecular weight is 364 g/mol. The number of benzene rings is 3. The van der Waals surface area contributed by atoms with Crippen LogP contribution in [0.1, 0.15) is 15.9 Å². The van der Waals surface area contributed by atoms with Crippen LogP contribution in [0.5, 0.6) is 0 Å². The maximum Gasteiger partial charge on any atom is 0.251 e. The first-order valence-electron chi connectivity index (χ1n) is 8.35. The molecule has 0 radical (unpaired) electrons. The lowest BCUT2D eigenvalue weighted by molar-refractivity contribution is -0.118. The van der Waals surface area contributed by atoms with Gasteiger partial charge in [-0.25, -0.2) is 0 Å². The second-order valence-electron chi connectivity index (χ2n) is 5.85. The summed E-state index contributed by atoms with van der Waals surface area (Å²) in [6.07, 6.45) is 0. The molecule has 4 nitrogen and oxygen atoms in total. The molecule has 3 aromatic carbocycles. The van der Waals surface area contributed by atoms with E-state index in [-0.39, 0.29) is 11.8 Å². The highest BCUT2D eigenvalue weighted by Crippen LogP contribution is 2.23. The smallest absolute Gasteiger partial charge is 0.251 e. The predicted molar refractivity (Wildman–Crippen MR) is 106 cm³/mol. The van der Waals surface area contributed by atoms with Gasteiger partial charge in [-0.1, -0.05) is 42.5 Å². The van der Waals surface area contributed by atoms with Gasteiger partial charge in [-0.2, -0.15) is 0 Å². The summed E-state index contributed by atoms with van der Waals surface area (Å²) in [5, 5.41) is 7.86. The van der Waals surface area contributed by atoms with E-state index in [9.17, 15) is 9.59 Å². The summed E-state index contributed by atoms with van der Waals surface area (Å²) in [6, 6.07) is 21.6. The number of nitrogens with one attached hydrogen (secondary N) is 2. The number of carbonyl (C=O) groups is 2. The fourth-order valence-corrected chi connectivity index (χ4v) is 3.35. The molecule has 0 saturated heterocycles. The van der Waals surface area contributed by atoms with Crippen LogP contribution >= 0.6 is 11.8 Å². The van der Waals surface area contributed by atoms with Crippen LogP contribution in [-0.2, 0) is 11.3 Å². The Bertz CT molecular complexity index is 923. The predicted octanol–water partition coefficient (Wildman–Crippen LogP) is 3.61. The van der Waals surface area contributed by atoms with Crippen molar-refractivity contribution in [3.8, 4) is 0 Å². The molecule has 132 valence electrons. The normalized spacial score (nSPS) is 10.5. The molecule has 0 aliphatic carbocycles. The summed E-state index contributed by atoms with van der Waals surface area (Å²) >= 11 is 1.52. The van der Waals surface area contributed by atoms with Gasteiger partial charge in [0.2, 0.25) is 5.91 Å². The van der Waals surface area contributed by atoms with E-state index in [2.05, 4.69) is 34.9 Å². The Kier molecular flexibility index (Phi) is 5.92. The molecule has 0 spiro atoms. The molecule has 0 fully saturated rings. The lowest BCUT2D eigenvalue weighted by atomic mass is 10.1. The van der Waals surface area contributed by atoms with Crippen molar-refractivity contribution in [1.82, 2.24) is 10.6 Å². The molecule has 2 amide bonds. The highest BCUT2D eigenvalue weighted by Gasteiger charge is 2.05. The quantitative estimate of drug-likeness (QED) is 0.657. The molecule has 0 bridgehead atoms. The van der Waals surface area contributed by atoms with Crippen molar-refractivity contribution >= 4 is 34.3 Å². The summed E-state index contributed by atoms with van der Waals surface area (Å²) in [4.78, 5) is 24.7.